The largest absolute Gasteiger partial charge is 0.466 e. The van der Waals surface area contributed by atoms with Gasteiger partial charge in [0.1, 0.15) is 5.82 Å². The molecule has 0 saturated carbocycles. The average Bonchev–Trinajstić information content (AvgIpc) is 2.47. The van der Waals surface area contributed by atoms with Crippen LogP contribution in [0.4, 0.5) is 4.39 Å². The zero-order chi connectivity index (χ0) is 15.2. The zero-order valence-corrected chi connectivity index (χ0v) is 11.9. The number of carbonyl (C=O) groups excluding carboxylic acids is 1. The first-order valence-electron chi connectivity index (χ1n) is 6.87. The summed E-state index contributed by atoms with van der Waals surface area (Å²) in [4.78, 5) is 11.4. The van der Waals surface area contributed by atoms with E-state index in [1.165, 1.54) is 12.1 Å². The molecule has 0 radical (unpaired) electrons. The van der Waals surface area contributed by atoms with E-state index in [1.807, 2.05) is 30.3 Å². The smallest absolute Gasteiger partial charge is 0.307 e. The SMILES string of the molecule is CCOC(=O)CC(N)c1ccc(-c2cccc(F)c2)cc1. The van der Waals surface area contributed by atoms with Crippen LogP contribution in [0, 0.1) is 5.82 Å². The molecule has 2 aromatic rings. The van der Waals surface area contributed by atoms with E-state index in [1.54, 1.807) is 13.0 Å². The number of nitrogens with two attached hydrogens (primary N) is 1. The standard InChI is InChI=1S/C17H18FNO2/c1-2-21-17(20)11-16(19)13-8-6-12(7-9-13)14-4-3-5-15(18)10-14/h3-10,16H,2,11,19H2,1H3. The molecule has 3 nitrogen and oxygen atoms in total. The second-order valence-corrected chi connectivity index (χ2v) is 4.75. The van der Waals surface area contributed by atoms with Gasteiger partial charge in [-0.1, -0.05) is 36.4 Å². The Bertz CT molecular complexity index is 610. The van der Waals surface area contributed by atoms with Crippen LogP contribution in [0.5, 0.6) is 0 Å². The molecule has 2 aromatic carbocycles. The normalized spacial score (nSPS) is 12.0. The average molecular weight is 287 g/mol. The van der Waals surface area contributed by atoms with Gasteiger partial charge in [0.05, 0.1) is 13.0 Å². The molecule has 2 rings (SSSR count). The molecule has 0 fully saturated rings. The second kappa shape index (κ2) is 6.99. The van der Waals surface area contributed by atoms with Crippen molar-refractivity contribution < 1.29 is 13.9 Å². The van der Waals surface area contributed by atoms with Crippen LogP contribution in [0.3, 0.4) is 0 Å². The molecule has 4 heteroatoms. The van der Waals surface area contributed by atoms with Crippen molar-refractivity contribution >= 4 is 5.97 Å². The highest BCUT2D eigenvalue weighted by atomic mass is 19.1. The van der Waals surface area contributed by atoms with E-state index in [2.05, 4.69) is 0 Å². The fourth-order valence-corrected chi connectivity index (χ4v) is 2.11. The quantitative estimate of drug-likeness (QED) is 0.857. The summed E-state index contributed by atoms with van der Waals surface area (Å²) < 4.78 is 18.1. The maximum atomic E-state index is 13.2. The van der Waals surface area contributed by atoms with Gasteiger partial charge in [0.15, 0.2) is 0 Å². The van der Waals surface area contributed by atoms with Crippen LogP contribution in [-0.2, 0) is 9.53 Å². The summed E-state index contributed by atoms with van der Waals surface area (Å²) in [5, 5.41) is 0. The summed E-state index contributed by atoms with van der Waals surface area (Å²) >= 11 is 0. The molecular weight excluding hydrogens is 269 g/mol. The molecule has 0 aliphatic heterocycles. The zero-order valence-electron chi connectivity index (χ0n) is 11.9. The van der Waals surface area contributed by atoms with Gasteiger partial charge < -0.3 is 10.5 Å². The van der Waals surface area contributed by atoms with E-state index >= 15 is 0 Å². The number of rotatable bonds is 5. The van der Waals surface area contributed by atoms with Crippen molar-refractivity contribution in [2.24, 2.45) is 5.73 Å². The highest BCUT2D eigenvalue weighted by Crippen LogP contribution is 2.23. The maximum absolute atomic E-state index is 13.2. The molecule has 2 N–H and O–H groups in total. The van der Waals surface area contributed by atoms with Crippen LogP contribution in [0.2, 0.25) is 0 Å². The number of benzene rings is 2. The van der Waals surface area contributed by atoms with E-state index in [9.17, 15) is 9.18 Å². The fraction of sp³-hybridized carbons (Fsp3) is 0.235. The Balaban J connectivity index is 2.10. The molecular formula is C17H18FNO2. The van der Waals surface area contributed by atoms with Crippen LogP contribution in [-0.4, -0.2) is 12.6 Å². The third-order valence-corrected chi connectivity index (χ3v) is 3.19. The van der Waals surface area contributed by atoms with Gasteiger partial charge in [-0.3, -0.25) is 4.79 Å². The molecule has 0 amide bonds. The van der Waals surface area contributed by atoms with Gasteiger partial charge in [-0.15, -0.1) is 0 Å². The van der Waals surface area contributed by atoms with Crippen molar-refractivity contribution in [2.75, 3.05) is 6.61 Å². The lowest BCUT2D eigenvalue weighted by Gasteiger charge is -2.12. The first kappa shape index (κ1) is 15.2. The molecule has 110 valence electrons. The number of hydrogen-bond acceptors (Lipinski definition) is 3. The lowest BCUT2D eigenvalue weighted by molar-refractivity contribution is -0.143. The Labute approximate surface area is 123 Å². The van der Waals surface area contributed by atoms with Gasteiger partial charge in [0.25, 0.3) is 0 Å². The monoisotopic (exact) mass is 287 g/mol. The summed E-state index contributed by atoms with van der Waals surface area (Å²) in [6.07, 6.45) is 0.146. The van der Waals surface area contributed by atoms with Crippen LogP contribution >= 0.6 is 0 Å². The summed E-state index contributed by atoms with van der Waals surface area (Å²) in [6.45, 7) is 2.11. The van der Waals surface area contributed by atoms with Crippen LogP contribution in [0.25, 0.3) is 11.1 Å². The minimum atomic E-state index is -0.398. The maximum Gasteiger partial charge on any atom is 0.307 e. The highest BCUT2D eigenvalue weighted by Gasteiger charge is 2.12. The topological polar surface area (TPSA) is 52.3 Å². The Kier molecular flexibility index (Phi) is 5.06. The van der Waals surface area contributed by atoms with E-state index in [0.717, 1.165) is 16.7 Å². The fourth-order valence-electron chi connectivity index (χ4n) is 2.11. The van der Waals surface area contributed by atoms with Crippen LogP contribution in [0.1, 0.15) is 24.9 Å². The van der Waals surface area contributed by atoms with Gasteiger partial charge in [-0.25, -0.2) is 4.39 Å². The lowest BCUT2D eigenvalue weighted by Crippen LogP contribution is -2.17. The molecule has 0 aliphatic rings. The predicted molar refractivity (Wildman–Crippen MR) is 80.0 cm³/mol. The second-order valence-electron chi connectivity index (χ2n) is 4.75. The van der Waals surface area contributed by atoms with Crippen molar-refractivity contribution in [2.45, 2.75) is 19.4 Å². The van der Waals surface area contributed by atoms with Crippen molar-refractivity contribution in [3.05, 3.63) is 59.9 Å². The molecule has 21 heavy (non-hydrogen) atoms. The summed E-state index contributed by atoms with van der Waals surface area (Å²) in [5.74, 6) is -0.574. The number of ether oxygens (including phenoxy) is 1. The first-order valence-corrected chi connectivity index (χ1v) is 6.87. The molecule has 0 aliphatic carbocycles. The highest BCUT2D eigenvalue weighted by molar-refractivity contribution is 5.70. The molecule has 1 unspecified atom stereocenters. The van der Waals surface area contributed by atoms with Gasteiger partial charge in [0, 0.05) is 6.04 Å². The van der Waals surface area contributed by atoms with Crippen LogP contribution in [0.15, 0.2) is 48.5 Å². The Morgan fingerprint density at radius 3 is 2.52 bits per heavy atom. The van der Waals surface area contributed by atoms with E-state index in [-0.39, 0.29) is 18.2 Å². The molecule has 0 aromatic heterocycles. The summed E-state index contributed by atoms with van der Waals surface area (Å²) in [6, 6.07) is 13.5. The van der Waals surface area contributed by atoms with Crippen molar-refractivity contribution in [3.8, 4) is 11.1 Å². The third kappa shape index (κ3) is 4.13. The number of halogens is 1. The number of carbonyl (C=O) groups is 1. The summed E-state index contributed by atoms with van der Waals surface area (Å²) in [7, 11) is 0. The molecule has 0 saturated heterocycles. The van der Waals surface area contributed by atoms with Crippen molar-refractivity contribution in [1.82, 2.24) is 0 Å². The summed E-state index contributed by atoms with van der Waals surface area (Å²) in [5.41, 5.74) is 8.54. The van der Waals surface area contributed by atoms with Crippen molar-refractivity contribution in [1.29, 1.82) is 0 Å². The van der Waals surface area contributed by atoms with Gasteiger partial charge in [-0.05, 0) is 35.7 Å². The Hall–Kier alpha value is -2.20. The van der Waals surface area contributed by atoms with E-state index in [4.69, 9.17) is 10.5 Å². The van der Waals surface area contributed by atoms with E-state index < -0.39 is 6.04 Å². The van der Waals surface area contributed by atoms with E-state index in [0.29, 0.717) is 6.61 Å². The van der Waals surface area contributed by atoms with Gasteiger partial charge in [-0.2, -0.15) is 0 Å². The third-order valence-electron chi connectivity index (χ3n) is 3.19. The molecule has 0 spiro atoms. The minimum absolute atomic E-state index is 0.146. The lowest BCUT2D eigenvalue weighted by atomic mass is 9.99. The van der Waals surface area contributed by atoms with Crippen LogP contribution < -0.4 is 5.73 Å². The van der Waals surface area contributed by atoms with Gasteiger partial charge in [0.2, 0.25) is 0 Å². The Morgan fingerprint density at radius 1 is 1.19 bits per heavy atom. The van der Waals surface area contributed by atoms with Gasteiger partial charge >= 0.3 is 5.97 Å². The molecule has 0 bridgehead atoms. The number of esters is 1. The first-order chi connectivity index (χ1) is 10.1. The molecule has 1 atom stereocenters. The van der Waals surface area contributed by atoms with Crippen molar-refractivity contribution in [3.63, 3.8) is 0 Å². The predicted octanol–water partition coefficient (Wildman–Crippen LogP) is 3.45. The molecule has 0 heterocycles. The minimum Gasteiger partial charge on any atom is -0.466 e. The number of hydrogen-bond donors (Lipinski definition) is 1. The Morgan fingerprint density at radius 2 is 1.90 bits per heavy atom.